The third-order valence-electron chi connectivity index (χ3n) is 6.46. The Balaban J connectivity index is 1.89. The van der Waals surface area contributed by atoms with Gasteiger partial charge in [0.1, 0.15) is 0 Å². The van der Waals surface area contributed by atoms with Gasteiger partial charge >= 0.3 is 0 Å². The first-order chi connectivity index (χ1) is 12.9. The summed E-state index contributed by atoms with van der Waals surface area (Å²) in [5.41, 5.74) is 8.52. The minimum atomic E-state index is -0.178. The fourth-order valence-corrected chi connectivity index (χ4v) is 5.36. The third kappa shape index (κ3) is 2.18. The van der Waals surface area contributed by atoms with E-state index >= 15 is 0 Å². The molecular formula is C26H24S. The summed E-state index contributed by atoms with van der Waals surface area (Å²) in [4.78, 5) is 1.14. The van der Waals surface area contributed by atoms with Crippen molar-refractivity contribution in [2.45, 2.75) is 38.5 Å². The zero-order valence-electron chi connectivity index (χ0n) is 16.1. The molecular weight excluding hydrogens is 344 g/mol. The van der Waals surface area contributed by atoms with Crippen molar-refractivity contribution in [1.29, 1.82) is 0 Å². The highest BCUT2D eigenvalue weighted by Gasteiger charge is 2.52. The van der Waals surface area contributed by atoms with Crippen LogP contribution in [-0.2, 0) is 5.41 Å². The lowest BCUT2D eigenvalue weighted by atomic mass is 9.51. The van der Waals surface area contributed by atoms with Crippen molar-refractivity contribution in [1.82, 2.24) is 0 Å². The Morgan fingerprint density at radius 2 is 1.11 bits per heavy atom. The molecule has 1 heteroatoms. The second-order valence-corrected chi connectivity index (χ2v) is 9.44. The van der Waals surface area contributed by atoms with Crippen LogP contribution in [0, 0.1) is 5.41 Å². The first kappa shape index (κ1) is 16.9. The van der Waals surface area contributed by atoms with Gasteiger partial charge in [0.05, 0.1) is 5.41 Å². The topological polar surface area (TPSA) is 0 Å². The summed E-state index contributed by atoms with van der Waals surface area (Å²) in [6.45, 7) is 6.72. The first-order valence-electron chi connectivity index (χ1n) is 9.76. The van der Waals surface area contributed by atoms with Crippen LogP contribution in [0.5, 0.6) is 0 Å². The van der Waals surface area contributed by atoms with Crippen LogP contribution in [0.2, 0.25) is 0 Å². The molecule has 0 nitrogen and oxygen atoms in total. The molecule has 27 heavy (non-hydrogen) atoms. The van der Waals surface area contributed by atoms with Gasteiger partial charge in [0, 0.05) is 5.92 Å². The van der Waals surface area contributed by atoms with Gasteiger partial charge in [0.25, 0.3) is 0 Å². The maximum atomic E-state index is 6.01. The highest BCUT2D eigenvalue weighted by molar-refractivity contribution is 7.80. The Kier molecular flexibility index (Phi) is 3.52. The summed E-state index contributed by atoms with van der Waals surface area (Å²) in [6, 6.07) is 27.1. The predicted octanol–water partition coefficient (Wildman–Crippen LogP) is 6.63. The van der Waals surface area contributed by atoms with Crippen LogP contribution in [0.3, 0.4) is 0 Å². The smallest absolute Gasteiger partial charge is 0.0505 e. The predicted molar refractivity (Wildman–Crippen MR) is 117 cm³/mol. The maximum Gasteiger partial charge on any atom is 0.0505 e. The molecule has 0 radical (unpaired) electrons. The molecule has 3 aromatic rings. The molecule has 3 aliphatic carbocycles. The number of thiocarbonyl (C=S) groups is 1. The molecule has 2 bridgehead atoms. The van der Waals surface area contributed by atoms with Crippen molar-refractivity contribution in [2.24, 2.45) is 5.41 Å². The monoisotopic (exact) mass is 368 g/mol. The second kappa shape index (κ2) is 5.62. The average molecular weight is 369 g/mol. The third-order valence-corrected chi connectivity index (χ3v) is 7.21. The van der Waals surface area contributed by atoms with Crippen molar-refractivity contribution < 1.29 is 0 Å². The van der Waals surface area contributed by atoms with Crippen molar-refractivity contribution in [2.75, 3.05) is 0 Å². The van der Waals surface area contributed by atoms with E-state index in [1.807, 2.05) is 0 Å². The molecule has 0 heterocycles. The Bertz CT molecular complexity index is 952. The van der Waals surface area contributed by atoms with Crippen LogP contribution in [0.25, 0.3) is 0 Å². The average Bonchev–Trinajstić information content (AvgIpc) is 2.67. The summed E-state index contributed by atoms with van der Waals surface area (Å²) in [6.07, 6.45) is 0.879. The lowest BCUT2D eigenvalue weighted by molar-refractivity contribution is 0.523. The van der Waals surface area contributed by atoms with Gasteiger partial charge in [0.15, 0.2) is 0 Å². The molecule has 134 valence electrons. The zero-order chi connectivity index (χ0) is 18.8. The molecule has 0 unspecified atom stereocenters. The molecule has 0 saturated heterocycles. The Morgan fingerprint density at radius 1 is 0.741 bits per heavy atom. The number of benzene rings is 3. The van der Waals surface area contributed by atoms with Gasteiger partial charge in [-0.3, -0.25) is 0 Å². The maximum absolute atomic E-state index is 6.01. The summed E-state index contributed by atoms with van der Waals surface area (Å²) < 4.78 is 0. The fourth-order valence-electron chi connectivity index (χ4n) is 5.14. The van der Waals surface area contributed by atoms with Crippen LogP contribution in [-0.4, -0.2) is 4.86 Å². The van der Waals surface area contributed by atoms with Gasteiger partial charge in [-0.2, -0.15) is 0 Å². The van der Waals surface area contributed by atoms with Crippen molar-refractivity contribution in [3.8, 4) is 0 Å². The van der Waals surface area contributed by atoms with Crippen LogP contribution in [0.15, 0.2) is 72.8 Å². The molecule has 6 rings (SSSR count). The van der Waals surface area contributed by atoms with E-state index in [9.17, 15) is 0 Å². The molecule has 0 aliphatic heterocycles. The molecule has 0 amide bonds. The Labute approximate surface area is 167 Å². The lowest BCUT2D eigenvalue weighted by Gasteiger charge is -2.51. The van der Waals surface area contributed by atoms with E-state index in [1.54, 1.807) is 0 Å². The molecule has 0 spiro atoms. The van der Waals surface area contributed by atoms with Crippen molar-refractivity contribution >= 4 is 17.1 Å². The first-order valence-corrected chi connectivity index (χ1v) is 10.2. The number of rotatable bonds is 2. The Hall–Kier alpha value is -2.25. The molecule has 3 aromatic carbocycles. The fraction of sp³-hybridized carbons (Fsp3) is 0.269. The van der Waals surface area contributed by atoms with E-state index in [2.05, 4.69) is 93.6 Å². The molecule has 0 atom stereocenters. The van der Waals surface area contributed by atoms with E-state index in [-0.39, 0.29) is 10.8 Å². The Morgan fingerprint density at radius 3 is 1.48 bits per heavy atom. The minimum Gasteiger partial charge on any atom is -0.0891 e. The van der Waals surface area contributed by atoms with Gasteiger partial charge in [-0.1, -0.05) is 106 Å². The molecule has 0 N–H and O–H groups in total. The van der Waals surface area contributed by atoms with Gasteiger partial charge < -0.3 is 0 Å². The summed E-state index contributed by atoms with van der Waals surface area (Å²) in [5.74, 6) is 0.332. The van der Waals surface area contributed by atoms with Gasteiger partial charge in [-0.15, -0.1) is 0 Å². The lowest BCUT2D eigenvalue weighted by Crippen LogP contribution is -2.44. The number of hydrogen-bond acceptors (Lipinski definition) is 1. The van der Waals surface area contributed by atoms with Crippen LogP contribution in [0.1, 0.15) is 66.5 Å². The van der Waals surface area contributed by atoms with Crippen LogP contribution in [0.4, 0.5) is 0 Å². The van der Waals surface area contributed by atoms with E-state index in [0.717, 1.165) is 11.3 Å². The molecule has 0 fully saturated rings. The quantitative estimate of drug-likeness (QED) is 0.457. The second-order valence-electron chi connectivity index (χ2n) is 8.95. The summed E-state index contributed by atoms with van der Waals surface area (Å²) in [7, 11) is 0. The summed E-state index contributed by atoms with van der Waals surface area (Å²) >= 11 is 6.01. The highest BCUT2D eigenvalue weighted by atomic mass is 32.1. The van der Waals surface area contributed by atoms with Crippen LogP contribution < -0.4 is 0 Å². The van der Waals surface area contributed by atoms with E-state index < -0.39 is 0 Å². The van der Waals surface area contributed by atoms with Crippen LogP contribution >= 0.6 is 12.2 Å². The van der Waals surface area contributed by atoms with Crippen molar-refractivity contribution in [3.63, 3.8) is 0 Å². The van der Waals surface area contributed by atoms with E-state index in [1.165, 1.54) is 33.4 Å². The van der Waals surface area contributed by atoms with Gasteiger partial charge in [-0.05, 0) is 50.1 Å². The summed E-state index contributed by atoms with van der Waals surface area (Å²) in [5, 5.41) is 0. The highest BCUT2D eigenvalue weighted by Crippen LogP contribution is 2.60. The zero-order valence-corrected chi connectivity index (χ0v) is 16.9. The van der Waals surface area contributed by atoms with E-state index in [4.69, 9.17) is 12.2 Å². The molecule has 3 aliphatic rings. The minimum absolute atomic E-state index is 0.0111. The largest absolute Gasteiger partial charge is 0.0891 e. The normalized spacial score (nSPS) is 22.0. The number of hydrogen-bond donors (Lipinski definition) is 0. The van der Waals surface area contributed by atoms with Gasteiger partial charge in [-0.25, -0.2) is 0 Å². The molecule has 0 aromatic heterocycles. The standard InChI is InChI=1S/C26H24S/c1-25(2,3)23(27)16-26-20-13-7-4-10-17(20)24(18-11-5-8-14-21(18)26)19-12-6-9-15-22(19)26/h4-15,24H,16H2,1-3H3. The van der Waals surface area contributed by atoms with Crippen molar-refractivity contribution in [3.05, 3.63) is 106 Å². The van der Waals surface area contributed by atoms with E-state index in [0.29, 0.717) is 5.92 Å². The molecule has 0 saturated carbocycles. The SMILES string of the molecule is CC(C)(C)C(=S)CC12c3ccccc3C(c3ccccc31)c1ccccc12. The van der Waals surface area contributed by atoms with Gasteiger partial charge in [0.2, 0.25) is 0 Å².